The Bertz CT molecular complexity index is 824. The van der Waals surface area contributed by atoms with E-state index in [0.717, 1.165) is 49.6 Å². The van der Waals surface area contributed by atoms with Crippen LogP contribution in [-0.2, 0) is 22.6 Å². The topological polar surface area (TPSA) is 68.2 Å². The van der Waals surface area contributed by atoms with Crippen LogP contribution in [0, 0.1) is 0 Å². The van der Waals surface area contributed by atoms with E-state index in [-0.39, 0.29) is 12.2 Å². The molecule has 0 aliphatic carbocycles. The third-order valence-electron chi connectivity index (χ3n) is 5.49. The molecule has 30 heavy (non-hydrogen) atoms. The molecule has 2 unspecified atom stereocenters. The SMILES string of the molecule is CN=C(NCc1cccnc1OCc1ccccc1)N1CCOC(C2CCCO2)C1. The fourth-order valence-corrected chi connectivity index (χ4v) is 3.91. The molecule has 2 fully saturated rings. The molecule has 7 heteroatoms. The van der Waals surface area contributed by atoms with Gasteiger partial charge in [0.05, 0.1) is 12.7 Å². The van der Waals surface area contributed by atoms with Gasteiger partial charge in [0.1, 0.15) is 12.7 Å². The van der Waals surface area contributed by atoms with Crippen molar-refractivity contribution in [3.05, 3.63) is 59.8 Å². The Balaban J connectivity index is 1.35. The molecule has 160 valence electrons. The highest BCUT2D eigenvalue weighted by atomic mass is 16.5. The third-order valence-corrected chi connectivity index (χ3v) is 5.49. The predicted molar refractivity (Wildman–Crippen MR) is 115 cm³/mol. The van der Waals surface area contributed by atoms with E-state index in [1.54, 1.807) is 6.20 Å². The van der Waals surface area contributed by atoms with Crippen molar-refractivity contribution in [3.8, 4) is 5.88 Å². The first kappa shape index (κ1) is 20.6. The molecule has 3 heterocycles. The van der Waals surface area contributed by atoms with E-state index >= 15 is 0 Å². The van der Waals surface area contributed by atoms with Crippen molar-refractivity contribution < 1.29 is 14.2 Å². The van der Waals surface area contributed by atoms with E-state index in [0.29, 0.717) is 25.6 Å². The van der Waals surface area contributed by atoms with Gasteiger partial charge in [0.2, 0.25) is 5.88 Å². The molecule has 0 radical (unpaired) electrons. The van der Waals surface area contributed by atoms with Crippen molar-refractivity contribution in [3.63, 3.8) is 0 Å². The Kier molecular flexibility index (Phi) is 7.16. The molecule has 2 aliphatic heterocycles. The molecule has 2 aliphatic rings. The maximum absolute atomic E-state index is 5.98. The maximum Gasteiger partial charge on any atom is 0.218 e. The zero-order valence-corrected chi connectivity index (χ0v) is 17.5. The molecule has 0 spiro atoms. The highest BCUT2D eigenvalue weighted by Gasteiger charge is 2.32. The highest BCUT2D eigenvalue weighted by Crippen LogP contribution is 2.21. The quantitative estimate of drug-likeness (QED) is 0.583. The van der Waals surface area contributed by atoms with Crippen LogP contribution in [0.5, 0.6) is 5.88 Å². The molecule has 1 aromatic carbocycles. The molecule has 0 bridgehead atoms. The lowest BCUT2D eigenvalue weighted by Gasteiger charge is -2.37. The average molecular weight is 411 g/mol. The summed E-state index contributed by atoms with van der Waals surface area (Å²) in [5, 5.41) is 3.46. The smallest absolute Gasteiger partial charge is 0.218 e. The first-order chi connectivity index (χ1) is 14.8. The van der Waals surface area contributed by atoms with Crippen molar-refractivity contribution >= 4 is 5.96 Å². The maximum atomic E-state index is 5.98. The van der Waals surface area contributed by atoms with Crippen LogP contribution in [-0.4, -0.2) is 61.4 Å². The molecule has 1 aromatic heterocycles. The standard InChI is InChI=1S/C23H30N4O3/c1-24-23(27-12-14-29-21(16-27)20-10-6-13-28-20)26-15-19-9-5-11-25-22(19)30-17-18-7-3-2-4-8-18/h2-5,7-9,11,20-21H,6,10,12-17H2,1H3,(H,24,26). The van der Waals surface area contributed by atoms with Gasteiger partial charge in [0.25, 0.3) is 0 Å². The van der Waals surface area contributed by atoms with Crippen molar-refractivity contribution in [2.45, 2.75) is 38.2 Å². The summed E-state index contributed by atoms with van der Waals surface area (Å²) in [5.74, 6) is 1.50. The van der Waals surface area contributed by atoms with Crippen LogP contribution in [0.1, 0.15) is 24.0 Å². The summed E-state index contributed by atoms with van der Waals surface area (Å²) in [6.45, 7) is 4.20. The number of hydrogen-bond donors (Lipinski definition) is 1. The molecular weight excluding hydrogens is 380 g/mol. The van der Waals surface area contributed by atoms with Crippen molar-refractivity contribution in [1.29, 1.82) is 0 Å². The molecule has 1 N–H and O–H groups in total. The normalized spacial score (nSPS) is 22.2. The molecule has 2 saturated heterocycles. The van der Waals surface area contributed by atoms with Gasteiger partial charge >= 0.3 is 0 Å². The summed E-state index contributed by atoms with van der Waals surface area (Å²) in [7, 11) is 1.81. The second-order valence-corrected chi connectivity index (χ2v) is 7.55. The first-order valence-corrected chi connectivity index (χ1v) is 10.6. The van der Waals surface area contributed by atoms with Gasteiger partial charge in [-0.2, -0.15) is 0 Å². The molecule has 2 atom stereocenters. The highest BCUT2D eigenvalue weighted by molar-refractivity contribution is 5.80. The molecule has 0 amide bonds. The predicted octanol–water partition coefficient (Wildman–Crippen LogP) is 2.62. The van der Waals surface area contributed by atoms with Gasteiger partial charge in [-0.3, -0.25) is 4.99 Å². The fraction of sp³-hybridized carbons (Fsp3) is 0.478. The minimum absolute atomic E-state index is 0.1000. The summed E-state index contributed by atoms with van der Waals surface area (Å²) >= 11 is 0. The second-order valence-electron chi connectivity index (χ2n) is 7.55. The number of ether oxygens (including phenoxy) is 3. The second kappa shape index (κ2) is 10.4. The summed E-state index contributed by atoms with van der Waals surface area (Å²) < 4.78 is 17.8. The van der Waals surface area contributed by atoms with Gasteiger partial charge in [-0.1, -0.05) is 36.4 Å². The van der Waals surface area contributed by atoms with Crippen LogP contribution >= 0.6 is 0 Å². The lowest BCUT2D eigenvalue weighted by atomic mass is 10.1. The molecule has 2 aromatic rings. The largest absolute Gasteiger partial charge is 0.473 e. The van der Waals surface area contributed by atoms with E-state index in [2.05, 4.69) is 20.2 Å². The van der Waals surface area contributed by atoms with Gasteiger partial charge in [-0.25, -0.2) is 4.98 Å². The number of aliphatic imine (C=N–C) groups is 1. The van der Waals surface area contributed by atoms with Gasteiger partial charge in [-0.15, -0.1) is 0 Å². The summed E-state index contributed by atoms with van der Waals surface area (Å²) in [5.41, 5.74) is 2.12. The number of hydrogen-bond acceptors (Lipinski definition) is 5. The summed E-state index contributed by atoms with van der Waals surface area (Å²) in [6.07, 6.45) is 4.24. The number of benzene rings is 1. The van der Waals surface area contributed by atoms with E-state index in [1.807, 2.05) is 49.5 Å². The van der Waals surface area contributed by atoms with Crippen molar-refractivity contribution in [2.75, 3.05) is 33.4 Å². The number of rotatable bonds is 6. The van der Waals surface area contributed by atoms with Crippen molar-refractivity contribution in [2.24, 2.45) is 4.99 Å². The van der Waals surface area contributed by atoms with Crippen LogP contribution in [0.15, 0.2) is 53.7 Å². The fourth-order valence-electron chi connectivity index (χ4n) is 3.91. The lowest BCUT2D eigenvalue weighted by Crippen LogP contribution is -2.53. The lowest BCUT2D eigenvalue weighted by molar-refractivity contribution is -0.0817. The Morgan fingerprint density at radius 2 is 2.03 bits per heavy atom. The molecular formula is C23H30N4O3. The Morgan fingerprint density at radius 3 is 2.83 bits per heavy atom. The minimum atomic E-state index is 0.1000. The van der Waals surface area contributed by atoms with Gasteiger partial charge in [0, 0.05) is 45.0 Å². The minimum Gasteiger partial charge on any atom is -0.473 e. The van der Waals surface area contributed by atoms with E-state index < -0.39 is 0 Å². The summed E-state index contributed by atoms with van der Waals surface area (Å²) in [4.78, 5) is 11.2. The number of pyridine rings is 1. The average Bonchev–Trinajstić information content (AvgIpc) is 3.35. The molecule has 0 saturated carbocycles. The zero-order chi connectivity index (χ0) is 20.6. The first-order valence-electron chi connectivity index (χ1n) is 10.6. The zero-order valence-electron chi connectivity index (χ0n) is 17.5. The van der Waals surface area contributed by atoms with Gasteiger partial charge in [-0.05, 0) is 24.5 Å². The van der Waals surface area contributed by atoms with Crippen LogP contribution in [0.2, 0.25) is 0 Å². The number of nitrogens with zero attached hydrogens (tertiary/aromatic N) is 3. The van der Waals surface area contributed by atoms with E-state index in [9.17, 15) is 0 Å². The number of nitrogens with one attached hydrogen (secondary N) is 1. The van der Waals surface area contributed by atoms with Crippen LogP contribution in [0.25, 0.3) is 0 Å². The Labute approximate surface area is 178 Å². The number of morpholine rings is 1. The Morgan fingerprint density at radius 1 is 1.17 bits per heavy atom. The van der Waals surface area contributed by atoms with Crippen molar-refractivity contribution in [1.82, 2.24) is 15.2 Å². The number of aromatic nitrogens is 1. The van der Waals surface area contributed by atoms with Crippen LogP contribution in [0.4, 0.5) is 0 Å². The Hall–Kier alpha value is -2.64. The monoisotopic (exact) mass is 410 g/mol. The molecule has 4 rings (SSSR count). The van der Waals surface area contributed by atoms with Crippen LogP contribution in [0.3, 0.4) is 0 Å². The van der Waals surface area contributed by atoms with Gasteiger partial charge < -0.3 is 24.4 Å². The molecule has 7 nitrogen and oxygen atoms in total. The van der Waals surface area contributed by atoms with Crippen LogP contribution < -0.4 is 10.1 Å². The van der Waals surface area contributed by atoms with E-state index in [1.165, 1.54) is 0 Å². The van der Waals surface area contributed by atoms with Gasteiger partial charge in [0.15, 0.2) is 5.96 Å². The van der Waals surface area contributed by atoms with E-state index in [4.69, 9.17) is 14.2 Å². The number of guanidine groups is 1. The third kappa shape index (κ3) is 5.29. The summed E-state index contributed by atoms with van der Waals surface area (Å²) in [6, 6.07) is 14.1.